The maximum Gasteiger partial charge on any atom is 0.231 e. The molecule has 6 heteroatoms. The van der Waals surface area contributed by atoms with Gasteiger partial charge in [-0.2, -0.15) is 0 Å². The highest BCUT2D eigenvalue weighted by Gasteiger charge is 2.25. The number of hydrogen-bond acceptors (Lipinski definition) is 5. The van der Waals surface area contributed by atoms with Crippen molar-refractivity contribution in [3.63, 3.8) is 0 Å². The summed E-state index contributed by atoms with van der Waals surface area (Å²) in [7, 11) is 0. The van der Waals surface area contributed by atoms with Crippen molar-refractivity contribution < 1.29 is 9.47 Å². The number of benzene rings is 1. The normalized spacial score (nSPS) is 19.6. The molecule has 2 aliphatic heterocycles. The summed E-state index contributed by atoms with van der Waals surface area (Å²) in [6.07, 6.45) is 2.21. The van der Waals surface area contributed by atoms with E-state index in [1.807, 2.05) is 18.2 Å². The van der Waals surface area contributed by atoms with Crippen LogP contribution in [0.15, 0.2) is 18.2 Å². The van der Waals surface area contributed by atoms with Crippen LogP contribution in [0.4, 0.5) is 0 Å². The highest BCUT2D eigenvalue weighted by Crippen LogP contribution is 2.36. The zero-order chi connectivity index (χ0) is 14.2. The Labute approximate surface area is 123 Å². The van der Waals surface area contributed by atoms with Crippen molar-refractivity contribution in [3.8, 4) is 22.9 Å². The van der Waals surface area contributed by atoms with E-state index in [0.29, 0.717) is 12.8 Å². The molecule has 0 saturated carbocycles. The smallest absolute Gasteiger partial charge is 0.231 e. The van der Waals surface area contributed by atoms with Crippen molar-refractivity contribution in [2.75, 3.05) is 13.3 Å². The lowest BCUT2D eigenvalue weighted by Crippen LogP contribution is -2.33. The number of nitrogens with one attached hydrogen (secondary N) is 1. The molecule has 1 aromatic heterocycles. The third kappa shape index (κ3) is 2.06. The van der Waals surface area contributed by atoms with E-state index in [1.165, 1.54) is 0 Å². The van der Waals surface area contributed by atoms with Crippen molar-refractivity contribution in [2.24, 2.45) is 0 Å². The van der Waals surface area contributed by atoms with Gasteiger partial charge < -0.3 is 19.4 Å². The van der Waals surface area contributed by atoms with Crippen LogP contribution in [-0.4, -0.2) is 28.1 Å². The molecule has 0 radical (unpaired) electrons. The van der Waals surface area contributed by atoms with Gasteiger partial charge in [0.25, 0.3) is 0 Å². The van der Waals surface area contributed by atoms with Crippen LogP contribution in [0.2, 0.25) is 0 Å². The minimum atomic E-state index is 0.291. The van der Waals surface area contributed by atoms with Gasteiger partial charge in [-0.25, -0.2) is 0 Å². The molecule has 4 rings (SSSR count). The van der Waals surface area contributed by atoms with E-state index in [4.69, 9.17) is 9.47 Å². The van der Waals surface area contributed by atoms with E-state index in [1.54, 1.807) is 0 Å². The van der Waals surface area contributed by atoms with Gasteiger partial charge in [-0.15, -0.1) is 10.2 Å². The molecule has 0 aliphatic carbocycles. The molecule has 1 atom stereocenters. The number of fused-ring (bicyclic) bond motifs is 2. The van der Waals surface area contributed by atoms with E-state index < -0.39 is 0 Å². The topological polar surface area (TPSA) is 61.2 Å². The molecule has 0 fully saturated rings. The quantitative estimate of drug-likeness (QED) is 0.936. The molecule has 3 heterocycles. The predicted molar refractivity (Wildman–Crippen MR) is 77.2 cm³/mol. The van der Waals surface area contributed by atoms with Gasteiger partial charge in [0.1, 0.15) is 0 Å². The fourth-order valence-corrected chi connectivity index (χ4v) is 3.00. The van der Waals surface area contributed by atoms with Gasteiger partial charge in [0.15, 0.2) is 23.1 Å². The largest absolute Gasteiger partial charge is 0.454 e. The van der Waals surface area contributed by atoms with Crippen molar-refractivity contribution in [2.45, 2.75) is 32.4 Å². The second-order valence-corrected chi connectivity index (χ2v) is 5.40. The molecule has 0 spiro atoms. The standard InChI is InChI=1S/C15H18N4O2/c1-2-3-11-15-18-17-14(19(15)7-6-16-11)10-4-5-12-13(8-10)21-9-20-12/h4-5,8,11,16H,2-3,6-7,9H2,1H3. The first kappa shape index (κ1) is 12.6. The van der Waals surface area contributed by atoms with Crippen LogP contribution in [0, 0.1) is 0 Å². The Kier molecular flexibility index (Phi) is 3.03. The van der Waals surface area contributed by atoms with Gasteiger partial charge in [0.05, 0.1) is 6.04 Å². The third-order valence-corrected chi connectivity index (χ3v) is 4.03. The average molecular weight is 286 g/mol. The molecule has 0 saturated heterocycles. The van der Waals surface area contributed by atoms with Crippen LogP contribution >= 0.6 is 0 Å². The molecule has 1 aromatic carbocycles. The molecule has 2 aromatic rings. The van der Waals surface area contributed by atoms with E-state index >= 15 is 0 Å². The van der Waals surface area contributed by atoms with Crippen LogP contribution in [0.5, 0.6) is 11.5 Å². The summed E-state index contributed by atoms with van der Waals surface area (Å²) in [6.45, 7) is 4.33. The van der Waals surface area contributed by atoms with E-state index in [9.17, 15) is 0 Å². The zero-order valence-electron chi connectivity index (χ0n) is 12.0. The summed E-state index contributed by atoms with van der Waals surface area (Å²) in [5.41, 5.74) is 1.02. The molecule has 21 heavy (non-hydrogen) atoms. The summed E-state index contributed by atoms with van der Waals surface area (Å²) < 4.78 is 13.0. The highest BCUT2D eigenvalue weighted by molar-refractivity contribution is 5.62. The molecular weight excluding hydrogens is 268 g/mol. The summed E-state index contributed by atoms with van der Waals surface area (Å²) in [5, 5.41) is 12.3. The summed E-state index contributed by atoms with van der Waals surface area (Å²) in [6, 6.07) is 6.24. The molecule has 0 bridgehead atoms. The number of rotatable bonds is 3. The maximum atomic E-state index is 5.45. The average Bonchev–Trinajstić information content (AvgIpc) is 3.13. The van der Waals surface area contributed by atoms with Crippen molar-refractivity contribution in [1.82, 2.24) is 20.1 Å². The Morgan fingerprint density at radius 2 is 2.19 bits per heavy atom. The molecule has 1 unspecified atom stereocenters. The van der Waals surface area contributed by atoms with Gasteiger partial charge in [-0.05, 0) is 24.6 Å². The van der Waals surface area contributed by atoms with Gasteiger partial charge >= 0.3 is 0 Å². The Morgan fingerprint density at radius 1 is 1.29 bits per heavy atom. The van der Waals surface area contributed by atoms with Crippen molar-refractivity contribution in [3.05, 3.63) is 24.0 Å². The number of nitrogens with zero attached hydrogens (tertiary/aromatic N) is 3. The lowest BCUT2D eigenvalue weighted by Gasteiger charge is -2.24. The molecule has 2 aliphatic rings. The van der Waals surface area contributed by atoms with Gasteiger partial charge in [0.2, 0.25) is 6.79 Å². The Balaban J connectivity index is 1.73. The zero-order valence-corrected chi connectivity index (χ0v) is 12.0. The summed E-state index contributed by atoms with van der Waals surface area (Å²) in [5.74, 6) is 3.52. The first-order chi connectivity index (χ1) is 10.4. The SMILES string of the molecule is CCCC1NCCn2c(-c3ccc4c(c3)OCO4)nnc21. The van der Waals surface area contributed by atoms with Crippen molar-refractivity contribution in [1.29, 1.82) is 0 Å². The molecule has 110 valence electrons. The number of hydrogen-bond donors (Lipinski definition) is 1. The number of aromatic nitrogens is 3. The Bertz CT molecular complexity index is 668. The number of ether oxygens (including phenoxy) is 2. The monoisotopic (exact) mass is 286 g/mol. The van der Waals surface area contributed by atoms with E-state index in [2.05, 4.69) is 27.0 Å². The third-order valence-electron chi connectivity index (χ3n) is 4.03. The lowest BCUT2D eigenvalue weighted by molar-refractivity contribution is 0.174. The second-order valence-electron chi connectivity index (χ2n) is 5.40. The second kappa shape index (κ2) is 5.04. The van der Waals surface area contributed by atoms with Gasteiger partial charge in [0, 0.05) is 18.7 Å². The molecule has 0 amide bonds. The minimum Gasteiger partial charge on any atom is -0.454 e. The fraction of sp³-hybridized carbons (Fsp3) is 0.467. The predicted octanol–water partition coefficient (Wildman–Crippen LogP) is 2.12. The maximum absolute atomic E-state index is 5.45. The first-order valence-electron chi connectivity index (χ1n) is 7.43. The van der Waals surface area contributed by atoms with E-state index in [0.717, 1.165) is 54.6 Å². The first-order valence-corrected chi connectivity index (χ1v) is 7.43. The van der Waals surface area contributed by atoms with Crippen LogP contribution in [-0.2, 0) is 6.54 Å². The van der Waals surface area contributed by atoms with Crippen molar-refractivity contribution >= 4 is 0 Å². The Hall–Kier alpha value is -2.08. The fourth-order valence-electron chi connectivity index (χ4n) is 3.00. The van der Waals surface area contributed by atoms with Crippen LogP contribution in [0.25, 0.3) is 11.4 Å². The van der Waals surface area contributed by atoms with Crippen LogP contribution in [0.3, 0.4) is 0 Å². The molecular formula is C15H18N4O2. The minimum absolute atomic E-state index is 0.291. The molecule has 1 N–H and O–H groups in total. The van der Waals surface area contributed by atoms with Crippen LogP contribution < -0.4 is 14.8 Å². The Morgan fingerprint density at radius 3 is 3.10 bits per heavy atom. The summed E-state index contributed by atoms with van der Waals surface area (Å²) >= 11 is 0. The van der Waals surface area contributed by atoms with E-state index in [-0.39, 0.29) is 0 Å². The molecule has 6 nitrogen and oxygen atoms in total. The highest BCUT2D eigenvalue weighted by atomic mass is 16.7. The van der Waals surface area contributed by atoms with Crippen LogP contribution in [0.1, 0.15) is 31.6 Å². The van der Waals surface area contributed by atoms with Gasteiger partial charge in [-0.1, -0.05) is 13.3 Å². The summed E-state index contributed by atoms with van der Waals surface area (Å²) in [4.78, 5) is 0. The lowest BCUT2D eigenvalue weighted by atomic mass is 10.1. The van der Waals surface area contributed by atoms with Gasteiger partial charge in [-0.3, -0.25) is 0 Å².